The molecule has 0 saturated carbocycles. The topological polar surface area (TPSA) is 105 Å². The molecule has 0 bridgehead atoms. The highest BCUT2D eigenvalue weighted by Crippen LogP contribution is 2.31. The van der Waals surface area contributed by atoms with Gasteiger partial charge in [-0.3, -0.25) is 0 Å². The summed E-state index contributed by atoms with van der Waals surface area (Å²) in [5.74, 6) is -2.60. The Hall–Kier alpha value is -0.730. The summed E-state index contributed by atoms with van der Waals surface area (Å²) in [5, 5.41) is 28.0. The van der Waals surface area contributed by atoms with Crippen LogP contribution in [-0.4, -0.2) is 66.2 Å². The molecular weight excluding hydrogens is 220 g/mol. The fourth-order valence-corrected chi connectivity index (χ4v) is 1.65. The summed E-state index contributed by atoms with van der Waals surface area (Å²) in [6.07, 6.45) is -3.85. The molecule has 7 nitrogen and oxygen atoms in total. The summed E-state index contributed by atoms with van der Waals surface area (Å²) in [4.78, 5) is 11.5. The number of hydrogen-bond donors (Lipinski definition) is 3. The zero-order chi connectivity index (χ0) is 12.3. The molecule has 1 rings (SSSR count). The van der Waals surface area contributed by atoms with E-state index in [1.807, 2.05) is 0 Å². The van der Waals surface area contributed by atoms with Crippen molar-refractivity contribution < 1.29 is 34.3 Å². The fourth-order valence-electron chi connectivity index (χ4n) is 1.65. The van der Waals surface area contributed by atoms with Gasteiger partial charge in [0.15, 0.2) is 0 Å². The molecule has 0 spiro atoms. The first kappa shape index (κ1) is 13.3. The third kappa shape index (κ3) is 2.18. The van der Waals surface area contributed by atoms with Crippen LogP contribution >= 0.6 is 0 Å². The Morgan fingerprint density at radius 2 is 2.12 bits per heavy atom. The van der Waals surface area contributed by atoms with Crippen LogP contribution in [0.2, 0.25) is 0 Å². The van der Waals surface area contributed by atoms with Gasteiger partial charge < -0.3 is 29.5 Å². The maximum Gasteiger partial charge on any atom is 0.366 e. The SMILES string of the molecule is COC(=O)[C@@]1(OC)CC(O)[C@@H](O)C(CO)O1. The van der Waals surface area contributed by atoms with Crippen molar-refractivity contribution in [3.8, 4) is 0 Å². The molecule has 0 radical (unpaired) electrons. The van der Waals surface area contributed by atoms with Gasteiger partial charge in [-0.15, -0.1) is 0 Å². The lowest BCUT2D eigenvalue weighted by Crippen LogP contribution is -2.60. The molecule has 0 aromatic carbocycles. The van der Waals surface area contributed by atoms with E-state index in [0.717, 1.165) is 7.11 Å². The fraction of sp³-hybridized carbons (Fsp3) is 0.889. The normalized spacial score (nSPS) is 39.4. The quantitative estimate of drug-likeness (QED) is 0.487. The van der Waals surface area contributed by atoms with E-state index in [0.29, 0.717) is 0 Å². The van der Waals surface area contributed by atoms with Crippen molar-refractivity contribution in [2.24, 2.45) is 0 Å². The summed E-state index contributed by atoms with van der Waals surface area (Å²) in [6.45, 7) is -0.541. The van der Waals surface area contributed by atoms with Gasteiger partial charge in [0, 0.05) is 13.5 Å². The molecule has 16 heavy (non-hydrogen) atoms. The zero-order valence-electron chi connectivity index (χ0n) is 9.12. The largest absolute Gasteiger partial charge is 0.465 e. The van der Waals surface area contributed by atoms with Crippen LogP contribution in [0.5, 0.6) is 0 Å². The summed E-state index contributed by atoms with van der Waals surface area (Å²) < 4.78 is 14.6. The number of esters is 1. The number of carbonyl (C=O) groups is 1. The molecule has 0 aromatic rings. The van der Waals surface area contributed by atoms with E-state index in [-0.39, 0.29) is 6.42 Å². The lowest BCUT2D eigenvalue weighted by Gasteiger charge is -2.41. The number of carbonyl (C=O) groups excluding carboxylic acids is 1. The minimum Gasteiger partial charge on any atom is -0.465 e. The van der Waals surface area contributed by atoms with Gasteiger partial charge >= 0.3 is 5.97 Å². The number of aliphatic hydroxyl groups excluding tert-OH is 3. The van der Waals surface area contributed by atoms with Crippen molar-refractivity contribution in [3.63, 3.8) is 0 Å². The molecule has 1 aliphatic heterocycles. The minimum atomic E-state index is -1.78. The average Bonchev–Trinajstić information content (AvgIpc) is 2.31. The first-order valence-electron chi connectivity index (χ1n) is 4.79. The molecule has 0 aliphatic carbocycles. The second kappa shape index (κ2) is 5.07. The van der Waals surface area contributed by atoms with Crippen LogP contribution in [0.25, 0.3) is 0 Å². The molecule has 3 N–H and O–H groups in total. The van der Waals surface area contributed by atoms with Gasteiger partial charge in [0.25, 0.3) is 5.79 Å². The highest BCUT2D eigenvalue weighted by Gasteiger charge is 2.52. The van der Waals surface area contributed by atoms with Gasteiger partial charge in [0.2, 0.25) is 0 Å². The highest BCUT2D eigenvalue weighted by atomic mass is 16.7. The number of hydrogen-bond acceptors (Lipinski definition) is 7. The maximum absolute atomic E-state index is 11.5. The third-order valence-electron chi connectivity index (χ3n) is 2.60. The van der Waals surface area contributed by atoms with E-state index >= 15 is 0 Å². The summed E-state index contributed by atoms with van der Waals surface area (Å²) in [6, 6.07) is 0. The minimum absolute atomic E-state index is 0.256. The van der Waals surface area contributed by atoms with Crippen molar-refractivity contribution in [3.05, 3.63) is 0 Å². The number of methoxy groups -OCH3 is 2. The van der Waals surface area contributed by atoms with Gasteiger partial charge in [-0.2, -0.15) is 0 Å². The van der Waals surface area contributed by atoms with E-state index in [1.54, 1.807) is 0 Å². The Kier molecular flexibility index (Phi) is 4.22. The van der Waals surface area contributed by atoms with Crippen LogP contribution in [0.1, 0.15) is 6.42 Å². The molecule has 2 unspecified atom stereocenters. The Balaban J connectivity index is 2.91. The zero-order valence-corrected chi connectivity index (χ0v) is 9.12. The van der Waals surface area contributed by atoms with Crippen molar-refractivity contribution in [2.75, 3.05) is 20.8 Å². The Labute approximate surface area is 92.5 Å². The van der Waals surface area contributed by atoms with Crippen molar-refractivity contribution >= 4 is 5.97 Å². The van der Waals surface area contributed by atoms with Crippen molar-refractivity contribution in [1.82, 2.24) is 0 Å². The summed E-state index contributed by atoms with van der Waals surface area (Å²) >= 11 is 0. The lowest BCUT2D eigenvalue weighted by molar-refractivity contribution is -0.307. The van der Waals surface area contributed by atoms with E-state index in [2.05, 4.69) is 4.74 Å². The first-order valence-corrected chi connectivity index (χ1v) is 4.79. The molecule has 1 heterocycles. The third-order valence-corrected chi connectivity index (χ3v) is 2.60. The molecule has 1 fully saturated rings. The van der Waals surface area contributed by atoms with E-state index < -0.39 is 36.7 Å². The van der Waals surface area contributed by atoms with Crippen molar-refractivity contribution in [2.45, 2.75) is 30.5 Å². The Bertz CT molecular complexity index is 256. The Morgan fingerprint density at radius 3 is 2.56 bits per heavy atom. The predicted molar refractivity (Wildman–Crippen MR) is 50.3 cm³/mol. The van der Waals surface area contributed by atoms with E-state index in [9.17, 15) is 15.0 Å². The lowest BCUT2D eigenvalue weighted by atomic mass is 9.95. The molecular formula is C9H16O7. The maximum atomic E-state index is 11.5. The monoisotopic (exact) mass is 236 g/mol. The molecule has 1 saturated heterocycles. The highest BCUT2D eigenvalue weighted by molar-refractivity contribution is 5.78. The molecule has 0 aromatic heterocycles. The average molecular weight is 236 g/mol. The van der Waals surface area contributed by atoms with Crippen LogP contribution in [0.3, 0.4) is 0 Å². The smallest absolute Gasteiger partial charge is 0.366 e. The Morgan fingerprint density at radius 1 is 1.50 bits per heavy atom. The van der Waals surface area contributed by atoms with Crippen LogP contribution in [-0.2, 0) is 19.0 Å². The van der Waals surface area contributed by atoms with Crippen LogP contribution in [0.4, 0.5) is 0 Å². The van der Waals surface area contributed by atoms with Crippen LogP contribution in [0.15, 0.2) is 0 Å². The van der Waals surface area contributed by atoms with Crippen molar-refractivity contribution in [1.29, 1.82) is 0 Å². The molecule has 0 amide bonds. The number of ether oxygens (including phenoxy) is 3. The van der Waals surface area contributed by atoms with Gasteiger partial charge in [-0.05, 0) is 0 Å². The van der Waals surface area contributed by atoms with Gasteiger partial charge in [0.1, 0.15) is 12.2 Å². The van der Waals surface area contributed by atoms with Gasteiger partial charge in [0.05, 0.1) is 19.8 Å². The molecule has 4 atom stereocenters. The number of rotatable bonds is 3. The molecule has 1 aliphatic rings. The standard InChI is InChI=1S/C9H16O7/c1-14-8(13)9(15-2)3-5(11)7(12)6(4-10)16-9/h5-7,10-12H,3-4H2,1-2H3/t5?,6?,7-,9-/m1/s1. The number of aliphatic hydroxyl groups is 3. The summed E-state index contributed by atoms with van der Waals surface area (Å²) in [7, 11) is 2.37. The van der Waals surface area contributed by atoms with Gasteiger partial charge in [-0.1, -0.05) is 0 Å². The predicted octanol–water partition coefficient (Wildman–Crippen LogP) is -1.99. The first-order chi connectivity index (χ1) is 7.50. The van der Waals surface area contributed by atoms with Crippen LogP contribution < -0.4 is 0 Å². The van der Waals surface area contributed by atoms with Gasteiger partial charge in [-0.25, -0.2) is 4.79 Å². The summed E-state index contributed by atoms with van der Waals surface area (Å²) in [5.41, 5.74) is 0. The van der Waals surface area contributed by atoms with Crippen LogP contribution in [0, 0.1) is 0 Å². The van der Waals surface area contributed by atoms with E-state index in [4.69, 9.17) is 14.6 Å². The van der Waals surface area contributed by atoms with E-state index in [1.165, 1.54) is 7.11 Å². The molecule has 7 heteroatoms. The second-order valence-corrected chi connectivity index (χ2v) is 3.55. The molecule has 94 valence electrons. The second-order valence-electron chi connectivity index (χ2n) is 3.55.